The number of halogens is 1. The summed E-state index contributed by atoms with van der Waals surface area (Å²) in [4.78, 5) is 14.1. The van der Waals surface area contributed by atoms with Crippen molar-refractivity contribution in [1.82, 2.24) is 10.2 Å². The maximum absolute atomic E-state index is 12.3. The van der Waals surface area contributed by atoms with Crippen molar-refractivity contribution in [3.8, 4) is 11.5 Å². The molecular weight excluding hydrogens is 360 g/mol. The van der Waals surface area contributed by atoms with Gasteiger partial charge in [-0.2, -0.15) is 0 Å². The molecule has 1 fully saturated rings. The van der Waals surface area contributed by atoms with E-state index >= 15 is 0 Å². The van der Waals surface area contributed by atoms with Gasteiger partial charge in [0.1, 0.15) is 5.70 Å². The molecule has 0 aliphatic carbocycles. The third kappa shape index (κ3) is 3.06. The van der Waals surface area contributed by atoms with Crippen LogP contribution in [0.3, 0.4) is 0 Å². The Balaban J connectivity index is 1.69. The molecule has 4 rings (SSSR count). The van der Waals surface area contributed by atoms with Crippen molar-refractivity contribution >= 4 is 40.9 Å². The lowest BCUT2D eigenvalue weighted by Gasteiger charge is -2.17. The molecule has 1 N–H and O–H groups in total. The van der Waals surface area contributed by atoms with Crippen LogP contribution in [0.5, 0.6) is 11.5 Å². The molecule has 2 aliphatic rings. The zero-order valence-corrected chi connectivity index (χ0v) is 14.6. The highest BCUT2D eigenvalue weighted by Gasteiger charge is 2.31. The molecule has 0 saturated carbocycles. The van der Waals surface area contributed by atoms with Crippen LogP contribution in [-0.4, -0.2) is 22.7 Å². The number of carbonyl (C=O) groups is 1. The van der Waals surface area contributed by atoms with E-state index in [2.05, 4.69) is 5.32 Å². The second kappa shape index (κ2) is 6.38. The van der Waals surface area contributed by atoms with E-state index in [-0.39, 0.29) is 12.7 Å². The van der Waals surface area contributed by atoms with Crippen molar-refractivity contribution in [2.75, 3.05) is 6.79 Å². The van der Waals surface area contributed by atoms with Gasteiger partial charge >= 0.3 is 0 Å². The van der Waals surface area contributed by atoms with Crippen LogP contribution in [0, 0.1) is 0 Å². The number of para-hydroxylation sites is 1. The van der Waals surface area contributed by atoms with Crippen molar-refractivity contribution < 1.29 is 14.3 Å². The van der Waals surface area contributed by atoms with Gasteiger partial charge in [0.2, 0.25) is 6.79 Å². The molecule has 0 radical (unpaired) electrons. The van der Waals surface area contributed by atoms with E-state index in [1.54, 1.807) is 11.0 Å². The number of fused-ring (bicyclic) bond motifs is 1. The average Bonchev–Trinajstić information content (AvgIpc) is 3.17. The minimum atomic E-state index is -0.240. The molecule has 0 spiro atoms. The summed E-state index contributed by atoms with van der Waals surface area (Å²) in [6.07, 6.45) is 1.76. The summed E-state index contributed by atoms with van der Waals surface area (Å²) in [7, 11) is 0. The Morgan fingerprint density at radius 1 is 1.20 bits per heavy atom. The number of thiocarbonyl (C=S) groups is 1. The number of amides is 1. The van der Waals surface area contributed by atoms with E-state index in [1.807, 2.05) is 42.5 Å². The first-order valence-corrected chi connectivity index (χ1v) is 8.38. The molecule has 0 bridgehead atoms. The van der Waals surface area contributed by atoms with Crippen LogP contribution in [0.4, 0.5) is 0 Å². The largest absolute Gasteiger partial charge is 0.454 e. The van der Waals surface area contributed by atoms with Crippen LogP contribution in [0.25, 0.3) is 6.08 Å². The van der Waals surface area contributed by atoms with Crippen molar-refractivity contribution in [3.63, 3.8) is 0 Å². The maximum Gasteiger partial charge on any atom is 0.274 e. The predicted octanol–water partition coefficient (Wildman–Crippen LogP) is 3.33. The van der Waals surface area contributed by atoms with E-state index in [9.17, 15) is 4.79 Å². The fourth-order valence-electron chi connectivity index (χ4n) is 2.75. The van der Waals surface area contributed by atoms with Gasteiger partial charge in [-0.05, 0) is 42.1 Å². The van der Waals surface area contributed by atoms with Crippen LogP contribution in [0.1, 0.15) is 11.1 Å². The molecule has 25 heavy (non-hydrogen) atoms. The summed E-state index contributed by atoms with van der Waals surface area (Å²) >= 11 is 11.2. The van der Waals surface area contributed by atoms with E-state index in [4.69, 9.17) is 33.3 Å². The number of hydrogen-bond donors (Lipinski definition) is 1. The topological polar surface area (TPSA) is 50.8 Å². The molecule has 2 aromatic rings. The second-order valence-corrected chi connectivity index (χ2v) is 6.41. The molecule has 5 nitrogen and oxygen atoms in total. The summed E-state index contributed by atoms with van der Waals surface area (Å²) in [6.45, 7) is 0.640. The highest BCUT2D eigenvalue weighted by atomic mass is 35.5. The van der Waals surface area contributed by atoms with Gasteiger partial charge in [0.05, 0.1) is 6.54 Å². The van der Waals surface area contributed by atoms with Gasteiger partial charge in [-0.15, -0.1) is 0 Å². The maximum atomic E-state index is 12.3. The summed E-state index contributed by atoms with van der Waals surface area (Å²) in [5, 5.41) is 3.72. The first kappa shape index (κ1) is 15.9. The number of nitrogens with zero attached hydrogens (tertiary/aromatic N) is 1. The molecule has 2 aromatic carbocycles. The number of hydrogen-bond acceptors (Lipinski definition) is 4. The minimum Gasteiger partial charge on any atom is -0.454 e. The third-order valence-corrected chi connectivity index (χ3v) is 4.54. The van der Waals surface area contributed by atoms with Crippen LogP contribution < -0.4 is 14.8 Å². The molecule has 1 amide bonds. The molecule has 0 unspecified atom stereocenters. The fraction of sp³-hybridized carbons (Fsp3) is 0.111. The van der Waals surface area contributed by atoms with Crippen molar-refractivity contribution in [2.45, 2.75) is 6.54 Å². The first-order chi connectivity index (χ1) is 12.1. The van der Waals surface area contributed by atoms with Crippen molar-refractivity contribution in [2.24, 2.45) is 0 Å². The SMILES string of the molecule is O=C1NC(=S)N(Cc2ccc(Cl)cc2)/C1=C/c1cccc2c1OCO2. The summed E-state index contributed by atoms with van der Waals surface area (Å²) in [6, 6.07) is 13.0. The van der Waals surface area contributed by atoms with E-state index in [0.717, 1.165) is 11.1 Å². The van der Waals surface area contributed by atoms with E-state index in [0.29, 0.717) is 33.9 Å². The van der Waals surface area contributed by atoms with Gasteiger partial charge in [0.15, 0.2) is 16.6 Å². The number of carbonyl (C=O) groups excluding carboxylic acids is 1. The normalized spacial score (nSPS) is 17.3. The monoisotopic (exact) mass is 372 g/mol. The molecule has 1 saturated heterocycles. The average molecular weight is 373 g/mol. The quantitative estimate of drug-likeness (QED) is 0.661. The number of ether oxygens (including phenoxy) is 2. The highest BCUT2D eigenvalue weighted by molar-refractivity contribution is 7.80. The van der Waals surface area contributed by atoms with Crippen LogP contribution >= 0.6 is 23.8 Å². The smallest absolute Gasteiger partial charge is 0.274 e. The number of nitrogens with one attached hydrogen (secondary N) is 1. The second-order valence-electron chi connectivity index (χ2n) is 5.58. The minimum absolute atomic E-state index is 0.175. The molecule has 2 aliphatic heterocycles. The van der Waals surface area contributed by atoms with Gasteiger partial charge in [-0.25, -0.2) is 0 Å². The summed E-state index contributed by atoms with van der Waals surface area (Å²) in [5.74, 6) is 1.06. The zero-order chi connectivity index (χ0) is 17.4. The number of rotatable bonds is 3. The van der Waals surface area contributed by atoms with Gasteiger partial charge in [-0.1, -0.05) is 35.9 Å². The molecular formula is C18H13ClN2O3S. The Kier molecular flexibility index (Phi) is 4.07. The Hall–Kier alpha value is -2.57. The molecule has 2 heterocycles. The first-order valence-electron chi connectivity index (χ1n) is 7.59. The van der Waals surface area contributed by atoms with Gasteiger partial charge in [0.25, 0.3) is 5.91 Å². The van der Waals surface area contributed by atoms with Crippen LogP contribution in [-0.2, 0) is 11.3 Å². The Bertz CT molecular complexity index is 896. The summed E-state index contributed by atoms with van der Waals surface area (Å²) < 4.78 is 10.9. The lowest BCUT2D eigenvalue weighted by atomic mass is 10.1. The molecule has 0 atom stereocenters. The lowest BCUT2D eigenvalue weighted by molar-refractivity contribution is -0.115. The zero-order valence-electron chi connectivity index (χ0n) is 13.0. The standard InChI is InChI=1S/C18H13ClN2O3S/c19-13-6-4-11(5-7-13)9-21-14(17(22)20-18(21)25)8-12-2-1-3-15-16(12)24-10-23-15/h1-8H,9-10H2,(H,20,22,25)/b14-8+. The van der Waals surface area contributed by atoms with Crippen molar-refractivity contribution in [1.29, 1.82) is 0 Å². The van der Waals surface area contributed by atoms with Gasteiger partial charge in [-0.3, -0.25) is 10.1 Å². The molecule has 0 aromatic heterocycles. The fourth-order valence-corrected chi connectivity index (χ4v) is 3.13. The number of benzene rings is 2. The van der Waals surface area contributed by atoms with Crippen LogP contribution in [0.2, 0.25) is 5.02 Å². The third-order valence-electron chi connectivity index (χ3n) is 3.96. The molecule has 126 valence electrons. The highest BCUT2D eigenvalue weighted by Crippen LogP contribution is 2.37. The Morgan fingerprint density at radius 3 is 2.80 bits per heavy atom. The van der Waals surface area contributed by atoms with E-state index in [1.165, 1.54) is 0 Å². The van der Waals surface area contributed by atoms with Crippen LogP contribution in [0.15, 0.2) is 48.2 Å². The molecule has 7 heteroatoms. The Morgan fingerprint density at radius 2 is 2.00 bits per heavy atom. The lowest BCUT2D eigenvalue weighted by Crippen LogP contribution is -2.26. The Labute approximate surface area is 154 Å². The van der Waals surface area contributed by atoms with Gasteiger partial charge in [0, 0.05) is 10.6 Å². The summed E-state index contributed by atoms with van der Waals surface area (Å²) in [5.41, 5.74) is 2.22. The van der Waals surface area contributed by atoms with E-state index < -0.39 is 0 Å². The van der Waals surface area contributed by atoms with Crippen molar-refractivity contribution in [3.05, 3.63) is 64.3 Å². The van der Waals surface area contributed by atoms with Gasteiger partial charge < -0.3 is 14.4 Å². The predicted molar refractivity (Wildman–Crippen MR) is 98.3 cm³/mol.